The first-order chi connectivity index (χ1) is 11.1. The van der Waals surface area contributed by atoms with Crippen LogP contribution in [-0.2, 0) is 4.79 Å². The number of carbonyl (C=O) groups is 2. The van der Waals surface area contributed by atoms with Gasteiger partial charge in [0.25, 0.3) is 5.91 Å². The van der Waals surface area contributed by atoms with Crippen LogP contribution in [0.3, 0.4) is 0 Å². The molecule has 0 radical (unpaired) electrons. The van der Waals surface area contributed by atoms with E-state index in [0.29, 0.717) is 16.3 Å². The molecule has 2 aliphatic heterocycles. The Kier molecular flexibility index (Phi) is 3.06. The summed E-state index contributed by atoms with van der Waals surface area (Å²) in [5, 5.41) is 0.697. The summed E-state index contributed by atoms with van der Waals surface area (Å²) in [6.45, 7) is 0. The van der Waals surface area contributed by atoms with Crippen LogP contribution in [0.25, 0.3) is 0 Å². The lowest BCUT2D eigenvalue weighted by Gasteiger charge is -2.28. The zero-order chi connectivity index (χ0) is 16.1. The molecule has 2 aromatic rings. The highest BCUT2D eigenvalue weighted by molar-refractivity contribution is 8.03. The number of thioether (sulfide) groups is 1. The van der Waals surface area contributed by atoms with Gasteiger partial charge in [-0.1, -0.05) is 36.0 Å². The fourth-order valence-corrected chi connectivity index (χ4v) is 4.16. The molecule has 0 spiro atoms. The number of nitrogens with zero attached hydrogens (tertiary/aromatic N) is 2. The molecular weight excluding hydrogens is 308 g/mol. The van der Waals surface area contributed by atoms with E-state index in [4.69, 9.17) is 0 Å². The largest absolute Gasteiger partial charge is 0.337 e. The molecule has 0 bridgehead atoms. The number of anilines is 2. The first-order valence-electron chi connectivity index (χ1n) is 7.26. The standard InChI is InChI=1S/C18H14N2O2S/c1-19-12-8-4-3-7-11(12)16(21)15(17(19)22)18-20(2)13-9-5-6-10-14(13)23-18/h3-10H,1-2H3/b18-15-. The molecule has 2 heterocycles. The summed E-state index contributed by atoms with van der Waals surface area (Å²) in [5.41, 5.74) is 2.49. The molecule has 0 N–H and O–H groups in total. The van der Waals surface area contributed by atoms with E-state index in [0.717, 1.165) is 10.6 Å². The number of fused-ring (bicyclic) bond motifs is 2. The molecule has 2 aliphatic rings. The van der Waals surface area contributed by atoms with Crippen molar-refractivity contribution in [1.82, 2.24) is 0 Å². The van der Waals surface area contributed by atoms with Crippen molar-refractivity contribution < 1.29 is 9.59 Å². The summed E-state index contributed by atoms with van der Waals surface area (Å²) < 4.78 is 0. The second-order valence-corrected chi connectivity index (χ2v) is 6.55. The fraction of sp³-hybridized carbons (Fsp3) is 0.111. The number of likely N-dealkylation sites (N-methyl/N-ethyl adjacent to an activating group) is 1. The third-order valence-corrected chi connectivity index (χ3v) is 5.44. The van der Waals surface area contributed by atoms with Gasteiger partial charge in [0, 0.05) is 24.6 Å². The number of amides is 1. The third-order valence-electron chi connectivity index (χ3n) is 4.21. The topological polar surface area (TPSA) is 40.6 Å². The number of para-hydroxylation sites is 2. The Bertz CT molecular complexity index is 888. The Labute approximate surface area is 138 Å². The summed E-state index contributed by atoms with van der Waals surface area (Å²) in [6.07, 6.45) is 0. The lowest BCUT2D eigenvalue weighted by molar-refractivity contribution is -0.114. The third kappa shape index (κ3) is 1.93. The van der Waals surface area contributed by atoms with Crippen LogP contribution >= 0.6 is 11.8 Å². The van der Waals surface area contributed by atoms with E-state index >= 15 is 0 Å². The van der Waals surface area contributed by atoms with Gasteiger partial charge in [-0.2, -0.15) is 0 Å². The van der Waals surface area contributed by atoms with E-state index in [1.807, 2.05) is 48.3 Å². The summed E-state index contributed by atoms with van der Waals surface area (Å²) in [4.78, 5) is 30.2. The normalized spacial score (nSPS) is 19.9. The molecule has 0 saturated heterocycles. The van der Waals surface area contributed by atoms with Crippen LogP contribution in [0, 0.1) is 0 Å². The Morgan fingerprint density at radius 3 is 2.22 bits per heavy atom. The maximum Gasteiger partial charge on any atom is 0.264 e. The minimum Gasteiger partial charge on any atom is -0.337 e. The van der Waals surface area contributed by atoms with Crippen LogP contribution in [0.15, 0.2) is 64.0 Å². The molecule has 0 saturated carbocycles. The first kappa shape index (κ1) is 14.1. The molecule has 4 rings (SSSR count). The minimum atomic E-state index is -0.254. The van der Waals surface area contributed by atoms with Crippen LogP contribution in [0.1, 0.15) is 10.4 Å². The Balaban J connectivity index is 1.91. The Morgan fingerprint density at radius 2 is 1.48 bits per heavy atom. The molecule has 114 valence electrons. The average molecular weight is 322 g/mol. The maximum absolute atomic E-state index is 12.9. The number of ketones is 1. The summed E-state index contributed by atoms with van der Waals surface area (Å²) in [6, 6.07) is 15.1. The van der Waals surface area contributed by atoms with Gasteiger partial charge in [0.2, 0.25) is 5.78 Å². The summed E-state index contributed by atoms with van der Waals surface area (Å²) in [5.74, 6) is -0.457. The monoisotopic (exact) mass is 322 g/mol. The van der Waals surface area contributed by atoms with Gasteiger partial charge in [-0.25, -0.2) is 0 Å². The van der Waals surface area contributed by atoms with Crippen molar-refractivity contribution in [3.05, 3.63) is 64.7 Å². The van der Waals surface area contributed by atoms with Crippen LogP contribution in [-0.4, -0.2) is 25.8 Å². The lowest BCUT2D eigenvalue weighted by atomic mass is 9.96. The number of hydrogen-bond acceptors (Lipinski definition) is 4. The van der Waals surface area contributed by atoms with E-state index in [1.165, 1.54) is 11.8 Å². The van der Waals surface area contributed by atoms with Gasteiger partial charge in [0.05, 0.1) is 16.4 Å². The van der Waals surface area contributed by atoms with Gasteiger partial charge < -0.3 is 9.80 Å². The van der Waals surface area contributed by atoms with E-state index < -0.39 is 0 Å². The van der Waals surface area contributed by atoms with Crippen molar-refractivity contribution in [3.63, 3.8) is 0 Å². The molecule has 0 aliphatic carbocycles. The van der Waals surface area contributed by atoms with Crippen LogP contribution in [0.5, 0.6) is 0 Å². The molecule has 4 nitrogen and oxygen atoms in total. The average Bonchev–Trinajstić information content (AvgIpc) is 2.90. The zero-order valence-corrected chi connectivity index (χ0v) is 13.6. The van der Waals surface area contributed by atoms with Gasteiger partial charge in [0.15, 0.2) is 0 Å². The Hall–Kier alpha value is -2.53. The second-order valence-electron chi connectivity index (χ2n) is 5.52. The van der Waals surface area contributed by atoms with E-state index in [-0.39, 0.29) is 17.3 Å². The van der Waals surface area contributed by atoms with Gasteiger partial charge >= 0.3 is 0 Å². The highest BCUT2D eigenvalue weighted by Crippen LogP contribution is 2.47. The predicted octanol–water partition coefficient (Wildman–Crippen LogP) is 3.30. The second kappa shape index (κ2) is 4.99. The van der Waals surface area contributed by atoms with E-state index in [1.54, 1.807) is 24.1 Å². The van der Waals surface area contributed by atoms with Gasteiger partial charge in [-0.3, -0.25) is 9.59 Å². The number of rotatable bonds is 0. The van der Waals surface area contributed by atoms with Gasteiger partial charge in [0.1, 0.15) is 5.57 Å². The SMILES string of the molecule is CN1C(=O)/C(=C2\Sc3ccccc3N2C)C(=O)c2ccccc21. The van der Waals surface area contributed by atoms with E-state index in [9.17, 15) is 9.59 Å². The lowest BCUT2D eigenvalue weighted by Crippen LogP contribution is -2.38. The molecule has 0 fully saturated rings. The molecule has 2 aromatic carbocycles. The van der Waals surface area contributed by atoms with Crippen molar-refractivity contribution in [2.24, 2.45) is 0 Å². The molecule has 23 heavy (non-hydrogen) atoms. The van der Waals surface area contributed by atoms with E-state index in [2.05, 4.69) is 0 Å². The van der Waals surface area contributed by atoms with Crippen molar-refractivity contribution in [2.75, 3.05) is 23.9 Å². The number of hydrogen-bond donors (Lipinski definition) is 0. The smallest absolute Gasteiger partial charge is 0.264 e. The molecule has 1 amide bonds. The number of carbonyl (C=O) groups excluding carboxylic acids is 2. The predicted molar refractivity (Wildman–Crippen MR) is 91.9 cm³/mol. The van der Waals surface area contributed by atoms with Crippen molar-refractivity contribution in [2.45, 2.75) is 4.90 Å². The Morgan fingerprint density at radius 1 is 0.826 bits per heavy atom. The maximum atomic E-state index is 12.9. The highest BCUT2D eigenvalue weighted by Gasteiger charge is 2.38. The van der Waals surface area contributed by atoms with Crippen LogP contribution in [0.4, 0.5) is 11.4 Å². The number of benzene rings is 2. The minimum absolute atomic E-state index is 0.203. The molecule has 0 unspecified atom stereocenters. The summed E-state index contributed by atoms with van der Waals surface area (Å²) >= 11 is 1.47. The number of Topliss-reactive ketones (excluding diaryl/α,β-unsaturated/α-hetero) is 1. The fourth-order valence-electron chi connectivity index (χ4n) is 2.98. The molecule has 0 aromatic heterocycles. The molecule has 0 atom stereocenters. The summed E-state index contributed by atoms with van der Waals surface area (Å²) in [7, 11) is 3.60. The quantitative estimate of drug-likeness (QED) is 0.551. The van der Waals surface area contributed by atoms with Gasteiger partial charge in [-0.05, 0) is 24.3 Å². The van der Waals surface area contributed by atoms with Crippen LogP contribution in [0.2, 0.25) is 0 Å². The molecule has 5 heteroatoms. The highest BCUT2D eigenvalue weighted by atomic mass is 32.2. The van der Waals surface area contributed by atoms with Crippen molar-refractivity contribution >= 4 is 34.8 Å². The van der Waals surface area contributed by atoms with Crippen molar-refractivity contribution in [3.8, 4) is 0 Å². The van der Waals surface area contributed by atoms with Crippen LogP contribution < -0.4 is 9.80 Å². The van der Waals surface area contributed by atoms with Gasteiger partial charge in [-0.15, -0.1) is 0 Å². The first-order valence-corrected chi connectivity index (χ1v) is 8.08. The van der Waals surface area contributed by atoms with Crippen molar-refractivity contribution in [1.29, 1.82) is 0 Å². The zero-order valence-electron chi connectivity index (χ0n) is 12.7. The molecular formula is C18H14N2O2S.